The molecule has 250 valence electrons. The highest BCUT2D eigenvalue weighted by Gasteiger charge is 2.20. The summed E-state index contributed by atoms with van der Waals surface area (Å²) in [7, 11) is 0. The molecule has 53 heavy (non-hydrogen) atoms. The smallest absolute Gasteiger partial charge is 0.0542 e. The van der Waals surface area contributed by atoms with Gasteiger partial charge in [0, 0.05) is 33.5 Å². The van der Waals surface area contributed by atoms with Crippen LogP contribution >= 0.6 is 0 Å². The standard InChI is InChI=1S/C51H36N2/c1-35-25-31-45-47(33-35)51(36-15-5-2-6-16-36)44-23-12-11-22-43(44)50(45)37-26-28-40(29-27-37)52(38-17-7-3-8-18-38)41-30-32-49-46(34-41)42-21-13-14-24-48(42)53(49)39-19-9-4-10-20-39/h2-34H,1H3. The first-order valence-corrected chi connectivity index (χ1v) is 18.3. The maximum atomic E-state index is 2.37. The number of benzene rings is 9. The highest BCUT2D eigenvalue weighted by molar-refractivity contribution is 6.21. The number of aromatic nitrogens is 1. The lowest BCUT2D eigenvalue weighted by Crippen LogP contribution is -2.09. The monoisotopic (exact) mass is 676 g/mol. The van der Waals surface area contributed by atoms with E-state index in [2.05, 4.69) is 217 Å². The van der Waals surface area contributed by atoms with E-state index in [1.165, 1.54) is 71.2 Å². The lowest BCUT2D eigenvalue weighted by atomic mass is 9.85. The fraction of sp³-hybridized carbons (Fsp3) is 0.0196. The number of hydrogen-bond acceptors (Lipinski definition) is 1. The van der Waals surface area contributed by atoms with Gasteiger partial charge in [-0.3, -0.25) is 0 Å². The summed E-state index contributed by atoms with van der Waals surface area (Å²) >= 11 is 0. The van der Waals surface area contributed by atoms with Gasteiger partial charge in [0.15, 0.2) is 0 Å². The highest BCUT2D eigenvalue weighted by atomic mass is 15.1. The van der Waals surface area contributed by atoms with Crippen LogP contribution in [0.5, 0.6) is 0 Å². The summed E-state index contributed by atoms with van der Waals surface area (Å²) < 4.78 is 2.37. The van der Waals surface area contributed by atoms with Gasteiger partial charge in [-0.2, -0.15) is 0 Å². The number of anilines is 3. The number of nitrogens with zero attached hydrogens (tertiary/aromatic N) is 2. The molecular formula is C51H36N2. The average molecular weight is 677 g/mol. The van der Waals surface area contributed by atoms with Crippen LogP contribution in [0.15, 0.2) is 200 Å². The highest BCUT2D eigenvalue weighted by Crippen LogP contribution is 2.45. The van der Waals surface area contributed by atoms with Gasteiger partial charge in [-0.05, 0) is 111 Å². The Balaban J connectivity index is 1.15. The molecule has 9 aromatic carbocycles. The molecule has 1 heterocycles. The molecule has 1 aromatic heterocycles. The number of rotatable bonds is 6. The van der Waals surface area contributed by atoms with Crippen LogP contribution in [-0.4, -0.2) is 4.57 Å². The Kier molecular flexibility index (Phi) is 7.40. The van der Waals surface area contributed by atoms with E-state index in [0.717, 1.165) is 22.7 Å². The Hall–Kier alpha value is -6.90. The summed E-state index contributed by atoms with van der Waals surface area (Å²) in [5.74, 6) is 0. The van der Waals surface area contributed by atoms with Crippen molar-refractivity contribution < 1.29 is 0 Å². The summed E-state index contributed by atoms with van der Waals surface area (Å²) in [6.45, 7) is 2.19. The van der Waals surface area contributed by atoms with Gasteiger partial charge in [-0.1, -0.05) is 145 Å². The maximum absolute atomic E-state index is 2.37. The lowest BCUT2D eigenvalue weighted by molar-refractivity contribution is 1.18. The quantitative estimate of drug-likeness (QED) is 0.159. The van der Waals surface area contributed by atoms with Crippen LogP contribution in [0.3, 0.4) is 0 Å². The van der Waals surface area contributed by atoms with Crippen molar-refractivity contribution in [1.29, 1.82) is 0 Å². The number of hydrogen-bond donors (Lipinski definition) is 0. The minimum absolute atomic E-state index is 1.11. The molecule has 0 spiro atoms. The van der Waals surface area contributed by atoms with Crippen LogP contribution in [0, 0.1) is 6.92 Å². The van der Waals surface area contributed by atoms with Crippen LogP contribution in [0.2, 0.25) is 0 Å². The third-order valence-electron chi connectivity index (χ3n) is 10.6. The van der Waals surface area contributed by atoms with Gasteiger partial charge in [0.25, 0.3) is 0 Å². The predicted octanol–water partition coefficient (Wildman–Crippen LogP) is 14.2. The topological polar surface area (TPSA) is 8.17 Å². The van der Waals surface area contributed by atoms with Gasteiger partial charge in [0.05, 0.1) is 11.0 Å². The zero-order valence-corrected chi connectivity index (χ0v) is 29.4. The minimum Gasteiger partial charge on any atom is -0.310 e. The average Bonchev–Trinajstić information content (AvgIpc) is 3.55. The first kappa shape index (κ1) is 30.9. The molecule has 0 radical (unpaired) electrons. The second kappa shape index (κ2) is 12.7. The van der Waals surface area contributed by atoms with Crippen LogP contribution in [0.4, 0.5) is 17.1 Å². The maximum Gasteiger partial charge on any atom is 0.0542 e. The summed E-state index contributed by atoms with van der Waals surface area (Å²) in [6, 6.07) is 72.7. The Morgan fingerprint density at radius 1 is 0.340 bits per heavy atom. The molecule has 0 aliphatic rings. The molecule has 0 N–H and O–H groups in total. The fourth-order valence-electron chi connectivity index (χ4n) is 8.28. The Bertz CT molecular complexity index is 2920. The molecular weight excluding hydrogens is 641 g/mol. The number of aryl methyl sites for hydroxylation is 1. The Morgan fingerprint density at radius 2 is 0.849 bits per heavy atom. The molecule has 0 bridgehead atoms. The van der Waals surface area contributed by atoms with Crippen molar-refractivity contribution in [3.05, 3.63) is 206 Å². The summed E-state index contributed by atoms with van der Waals surface area (Å²) in [6.07, 6.45) is 0. The van der Waals surface area contributed by atoms with Gasteiger partial charge in [-0.15, -0.1) is 0 Å². The summed E-state index contributed by atoms with van der Waals surface area (Å²) in [5, 5.41) is 7.54. The molecule has 0 amide bonds. The van der Waals surface area contributed by atoms with E-state index in [0.29, 0.717) is 0 Å². The van der Waals surface area contributed by atoms with Crippen molar-refractivity contribution in [2.24, 2.45) is 0 Å². The molecule has 0 saturated heterocycles. The van der Waals surface area contributed by atoms with Crippen LogP contribution in [0.1, 0.15) is 5.56 Å². The molecule has 2 heteroatoms. The van der Waals surface area contributed by atoms with Crippen LogP contribution in [0.25, 0.3) is 71.3 Å². The van der Waals surface area contributed by atoms with Gasteiger partial charge < -0.3 is 9.47 Å². The van der Waals surface area contributed by atoms with E-state index in [1.54, 1.807) is 0 Å². The van der Waals surface area contributed by atoms with Gasteiger partial charge in [-0.25, -0.2) is 0 Å². The summed E-state index contributed by atoms with van der Waals surface area (Å²) in [5.41, 5.74) is 13.2. The SMILES string of the molecule is Cc1ccc2c(-c3ccc(N(c4ccccc4)c4ccc5c(c4)c4ccccc4n5-c4ccccc4)cc3)c3ccccc3c(-c3ccccc3)c2c1. The van der Waals surface area contributed by atoms with Gasteiger partial charge in [0.2, 0.25) is 0 Å². The van der Waals surface area contributed by atoms with E-state index < -0.39 is 0 Å². The molecule has 0 atom stereocenters. The van der Waals surface area contributed by atoms with E-state index in [1.807, 2.05) is 0 Å². The van der Waals surface area contributed by atoms with Crippen molar-refractivity contribution in [3.63, 3.8) is 0 Å². The van der Waals surface area contributed by atoms with E-state index >= 15 is 0 Å². The second-order valence-corrected chi connectivity index (χ2v) is 13.8. The minimum atomic E-state index is 1.11. The van der Waals surface area contributed by atoms with E-state index in [-0.39, 0.29) is 0 Å². The van der Waals surface area contributed by atoms with Crippen LogP contribution in [-0.2, 0) is 0 Å². The molecule has 2 nitrogen and oxygen atoms in total. The van der Waals surface area contributed by atoms with Gasteiger partial charge >= 0.3 is 0 Å². The number of fused-ring (bicyclic) bond motifs is 5. The Labute approximate surface area is 309 Å². The molecule has 0 fully saturated rings. The van der Waals surface area contributed by atoms with Crippen molar-refractivity contribution in [1.82, 2.24) is 4.57 Å². The van der Waals surface area contributed by atoms with Crippen molar-refractivity contribution in [2.75, 3.05) is 4.90 Å². The molecule has 0 saturated carbocycles. The largest absolute Gasteiger partial charge is 0.310 e. The second-order valence-electron chi connectivity index (χ2n) is 13.8. The zero-order chi connectivity index (χ0) is 35.3. The third kappa shape index (κ3) is 5.19. The van der Waals surface area contributed by atoms with Crippen LogP contribution < -0.4 is 4.90 Å². The van der Waals surface area contributed by atoms with Crippen molar-refractivity contribution in [3.8, 4) is 27.9 Å². The predicted molar refractivity (Wildman–Crippen MR) is 226 cm³/mol. The molecule has 10 aromatic rings. The zero-order valence-electron chi connectivity index (χ0n) is 29.4. The van der Waals surface area contributed by atoms with Crippen molar-refractivity contribution in [2.45, 2.75) is 6.92 Å². The summed E-state index contributed by atoms with van der Waals surface area (Å²) in [4.78, 5) is 2.37. The first-order valence-electron chi connectivity index (χ1n) is 18.3. The first-order chi connectivity index (χ1) is 26.2. The van der Waals surface area contributed by atoms with E-state index in [9.17, 15) is 0 Å². The van der Waals surface area contributed by atoms with E-state index in [4.69, 9.17) is 0 Å². The molecule has 0 unspecified atom stereocenters. The fourth-order valence-corrected chi connectivity index (χ4v) is 8.28. The molecule has 10 rings (SSSR count). The van der Waals surface area contributed by atoms with Gasteiger partial charge in [0.1, 0.15) is 0 Å². The lowest BCUT2D eigenvalue weighted by Gasteiger charge is -2.26. The normalized spacial score (nSPS) is 11.5. The van der Waals surface area contributed by atoms with Crippen molar-refractivity contribution >= 4 is 60.4 Å². The third-order valence-corrected chi connectivity index (χ3v) is 10.6. The Morgan fingerprint density at radius 3 is 1.57 bits per heavy atom. The molecule has 0 aliphatic heterocycles. The number of para-hydroxylation sites is 3. The molecule has 0 aliphatic carbocycles.